The monoisotopic (exact) mass is 319 g/mol. The molecule has 0 aliphatic carbocycles. The van der Waals surface area contributed by atoms with Gasteiger partial charge in [0.25, 0.3) is 5.91 Å². The molecule has 1 fully saturated rings. The Hall–Kier alpha value is -1.44. The Bertz CT molecular complexity index is 540. The summed E-state index contributed by atoms with van der Waals surface area (Å²) in [6, 6.07) is 1.89. The summed E-state index contributed by atoms with van der Waals surface area (Å²) in [4.78, 5) is 16.8. The van der Waals surface area contributed by atoms with E-state index >= 15 is 0 Å². The number of hydrogen-bond acceptors (Lipinski definition) is 4. The van der Waals surface area contributed by atoms with Crippen LogP contribution in [0.1, 0.15) is 29.9 Å². The van der Waals surface area contributed by atoms with Gasteiger partial charge in [0.1, 0.15) is 11.5 Å². The van der Waals surface area contributed by atoms with Crippen LogP contribution in [0.25, 0.3) is 0 Å². The molecule has 21 heavy (non-hydrogen) atoms. The number of rotatable bonds is 2. The van der Waals surface area contributed by atoms with Crippen molar-refractivity contribution in [1.82, 2.24) is 4.98 Å². The number of primary amides is 1. The normalized spacial score (nSPS) is 23.2. The minimum atomic E-state index is -4.55. The average Bonchev–Trinajstić information content (AvgIpc) is 2.35. The Labute approximate surface area is 124 Å². The lowest BCUT2D eigenvalue weighted by atomic mass is 10.2. The van der Waals surface area contributed by atoms with Gasteiger partial charge < -0.3 is 10.6 Å². The van der Waals surface area contributed by atoms with Crippen LogP contribution >= 0.6 is 11.8 Å². The molecule has 2 N–H and O–H groups in total. The molecule has 2 unspecified atom stereocenters. The highest BCUT2D eigenvalue weighted by Crippen LogP contribution is 2.33. The smallest absolute Gasteiger partial charge is 0.365 e. The molecule has 1 aromatic rings. The van der Waals surface area contributed by atoms with Crippen LogP contribution in [-0.2, 0) is 6.18 Å². The van der Waals surface area contributed by atoms with Gasteiger partial charge in [-0.05, 0) is 12.1 Å². The number of pyridine rings is 1. The lowest BCUT2D eigenvalue weighted by molar-refractivity contribution is -0.141. The van der Waals surface area contributed by atoms with E-state index < -0.39 is 17.8 Å². The first-order chi connectivity index (χ1) is 9.68. The first-order valence-corrected chi connectivity index (χ1v) is 7.41. The predicted molar refractivity (Wildman–Crippen MR) is 76.5 cm³/mol. The van der Waals surface area contributed by atoms with Crippen LogP contribution in [0.5, 0.6) is 0 Å². The highest BCUT2D eigenvalue weighted by Gasteiger charge is 2.35. The second-order valence-electron chi connectivity index (χ2n) is 5.09. The maximum Gasteiger partial charge on any atom is 0.433 e. The summed E-state index contributed by atoms with van der Waals surface area (Å²) in [5, 5.41) is 0.483. The van der Waals surface area contributed by atoms with E-state index in [0.717, 1.165) is 12.1 Å². The van der Waals surface area contributed by atoms with Crippen molar-refractivity contribution >= 4 is 23.5 Å². The lowest BCUT2D eigenvalue weighted by Gasteiger charge is -2.36. The molecular weight excluding hydrogens is 303 g/mol. The van der Waals surface area contributed by atoms with Gasteiger partial charge in [-0.15, -0.1) is 0 Å². The molecule has 0 radical (unpaired) electrons. The lowest BCUT2D eigenvalue weighted by Crippen LogP contribution is -2.42. The average molecular weight is 319 g/mol. The Morgan fingerprint density at radius 2 is 1.90 bits per heavy atom. The first kappa shape index (κ1) is 15.9. The van der Waals surface area contributed by atoms with Gasteiger partial charge in [-0.3, -0.25) is 4.79 Å². The van der Waals surface area contributed by atoms with Crippen molar-refractivity contribution in [3.63, 3.8) is 0 Å². The molecule has 1 aliphatic heterocycles. The fourth-order valence-corrected chi connectivity index (χ4v) is 3.72. The van der Waals surface area contributed by atoms with E-state index in [9.17, 15) is 18.0 Å². The van der Waals surface area contributed by atoms with Gasteiger partial charge in [0.05, 0.1) is 5.56 Å². The quantitative estimate of drug-likeness (QED) is 0.910. The second kappa shape index (κ2) is 5.75. The summed E-state index contributed by atoms with van der Waals surface area (Å²) >= 11 is 1.76. The topological polar surface area (TPSA) is 59.2 Å². The zero-order chi connectivity index (χ0) is 15.8. The maximum atomic E-state index is 12.8. The summed E-state index contributed by atoms with van der Waals surface area (Å²) in [6.45, 7) is 5.04. The number of thioether (sulfide) groups is 1. The molecule has 1 aromatic heterocycles. The number of amides is 1. The Kier molecular flexibility index (Phi) is 4.36. The van der Waals surface area contributed by atoms with Crippen LogP contribution in [0.3, 0.4) is 0 Å². The molecule has 1 saturated heterocycles. The van der Waals surface area contributed by atoms with Gasteiger partial charge >= 0.3 is 6.18 Å². The van der Waals surface area contributed by atoms with Gasteiger partial charge in [0.15, 0.2) is 0 Å². The zero-order valence-electron chi connectivity index (χ0n) is 11.6. The number of carbonyl (C=O) groups is 1. The Balaban J connectivity index is 2.45. The minimum absolute atomic E-state index is 0.0225. The fourth-order valence-electron chi connectivity index (χ4n) is 2.39. The van der Waals surface area contributed by atoms with Gasteiger partial charge in [-0.1, -0.05) is 13.8 Å². The van der Waals surface area contributed by atoms with E-state index in [1.54, 1.807) is 16.7 Å². The van der Waals surface area contributed by atoms with Gasteiger partial charge in [0.2, 0.25) is 0 Å². The predicted octanol–water partition coefficient (Wildman–Crippen LogP) is 2.53. The van der Waals surface area contributed by atoms with Crippen LogP contribution in [0.4, 0.5) is 19.0 Å². The van der Waals surface area contributed by atoms with Gasteiger partial charge in [0, 0.05) is 23.6 Å². The first-order valence-electron chi connectivity index (χ1n) is 6.47. The van der Waals surface area contributed by atoms with Crippen LogP contribution < -0.4 is 10.6 Å². The van der Waals surface area contributed by atoms with Crippen molar-refractivity contribution in [3.05, 3.63) is 23.4 Å². The highest BCUT2D eigenvalue weighted by atomic mass is 32.2. The third kappa shape index (κ3) is 3.61. The number of hydrogen-bond donors (Lipinski definition) is 1. The molecule has 0 aromatic carbocycles. The van der Waals surface area contributed by atoms with Crippen molar-refractivity contribution in [2.45, 2.75) is 30.5 Å². The Morgan fingerprint density at radius 3 is 2.38 bits per heavy atom. The largest absolute Gasteiger partial charge is 0.433 e. The van der Waals surface area contributed by atoms with Crippen molar-refractivity contribution in [3.8, 4) is 0 Å². The van der Waals surface area contributed by atoms with Crippen LogP contribution in [0.15, 0.2) is 12.1 Å². The highest BCUT2D eigenvalue weighted by molar-refractivity contribution is 8.00. The molecule has 1 aliphatic rings. The molecule has 2 atom stereocenters. The minimum Gasteiger partial charge on any atom is -0.365 e. The number of alkyl halides is 3. The van der Waals surface area contributed by atoms with Gasteiger partial charge in [-0.2, -0.15) is 24.9 Å². The molecule has 2 rings (SSSR count). The van der Waals surface area contributed by atoms with Crippen molar-refractivity contribution in [2.24, 2.45) is 5.73 Å². The summed E-state index contributed by atoms with van der Waals surface area (Å²) in [7, 11) is 0. The summed E-state index contributed by atoms with van der Waals surface area (Å²) in [5.74, 6) is -0.749. The molecule has 0 spiro atoms. The SMILES string of the molecule is CC1CN(c2nc(C(F)(F)F)ccc2C(N)=O)CC(C)S1. The molecule has 8 heteroatoms. The number of halogens is 3. The molecule has 116 valence electrons. The molecule has 1 amide bonds. The molecule has 2 heterocycles. The summed E-state index contributed by atoms with van der Waals surface area (Å²) in [5.41, 5.74) is 4.27. The van der Waals surface area contributed by atoms with Crippen molar-refractivity contribution in [2.75, 3.05) is 18.0 Å². The maximum absolute atomic E-state index is 12.8. The third-order valence-electron chi connectivity index (χ3n) is 3.15. The van der Waals surface area contributed by atoms with Crippen LogP contribution in [0, 0.1) is 0 Å². The molecule has 0 bridgehead atoms. The summed E-state index contributed by atoms with van der Waals surface area (Å²) < 4.78 is 38.5. The van der Waals surface area contributed by atoms with Crippen molar-refractivity contribution < 1.29 is 18.0 Å². The number of nitrogens with two attached hydrogens (primary N) is 1. The molecule has 0 saturated carbocycles. The van der Waals surface area contributed by atoms with Crippen LogP contribution in [-0.4, -0.2) is 34.5 Å². The number of anilines is 1. The zero-order valence-corrected chi connectivity index (χ0v) is 12.5. The Morgan fingerprint density at radius 1 is 1.33 bits per heavy atom. The molecule has 4 nitrogen and oxygen atoms in total. The number of nitrogens with zero attached hydrogens (tertiary/aromatic N) is 2. The van der Waals surface area contributed by atoms with E-state index in [-0.39, 0.29) is 21.9 Å². The standard InChI is InChI=1S/C13H16F3N3OS/c1-7-5-19(6-8(2)21-7)12-9(11(17)20)3-4-10(18-12)13(14,15)16/h3-4,7-8H,5-6H2,1-2H3,(H2,17,20). The van der Waals surface area contributed by atoms with Gasteiger partial charge in [-0.25, -0.2) is 4.98 Å². The van der Waals surface area contributed by atoms with E-state index in [1.807, 2.05) is 13.8 Å². The van der Waals surface area contributed by atoms with E-state index in [0.29, 0.717) is 13.1 Å². The third-order valence-corrected chi connectivity index (χ3v) is 4.38. The van der Waals surface area contributed by atoms with E-state index in [2.05, 4.69) is 4.98 Å². The number of carbonyl (C=O) groups excluding carboxylic acids is 1. The second-order valence-corrected chi connectivity index (χ2v) is 6.97. The number of aromatic nitrogens is 1. The summed E-state index contributed by atoms with van der Waals surface area (Å²) in [6.07, 6.45) is -4.55. The van der Waals surface area contributed by atoms with E-state index in [4.69, 9.17) is 5.73 Å². The molecular formula is C13H16F3N3OS. The van der Waals surface area contributed by atoms with Crippen LogP contribution in [0.2, 0.25) is 0 Å². The van der Waals surface area contributed by atoms with Crippen molar-refractivity contribution in [1.29, 1.82) is 0 Å². The van der Waals surface area contributed by atoms with E-state index in [1.165, 1.54) is 0 Å². The fraction of sp³-hybridized carbons (Fsp3) is 0.538.